The number of hydrogen-bond acceptors (Lipinski definition) is 1. The second-order valence-corrected chi connectivity index (χ2v) is 14.0. The van der Waals surface area contributed by atoms with Crippen molar-refractivity contribution in [2.75, 3.05) is 6.61 Å². The van der Waals surface area contributed by atoms with E-state index < -0.39 is 8.32 Å². The third-order valence-corrected chi connectivity index (χ3v) is 12.1. The third kappa shape index (κ3) is 4.28. The molecule has 1 saturated carbocycles. The molecule has 0 aliphatic heterocycles. The van der Waals surface area contributed by atoms with Gasteiger partial charge < -0.3 is 4.43 Å². The van der Waals surface area contributed by atoms with Gasteiger partial charge in [-0.3, -0.25) is 0 Å². The molecule has 1 fully saturated rings. The van der Waals surface area contributed by atoms with Gasteiger partial charge in [0, 0.05) is 6.61 Å². The fraction of sp³-hybridized carbons (Fsp3) is 0.538. The minimum Gasteiger partial charge on any atom is -0.407 e. The maximum Gasteiger partial charge on any atom is 0.261 e. The maximum atomic E-state index is 7.13. The van der Waals surface area contributed by atoms with Crippen molar-refractivity contribution in [1.82, 2.24) is 0 Å². The zero-order valence-electron chi connectivity index (χ0n) is 18.3. The summed E-state index contributed by atoms with van der Waals surface area (Å²) in [5.41, 5.74) is 0.504. The lowest BCUT2D eigenvalue weighted by Crippen LogP contribution is -2.66. The lowest BCUT2D eigenvalue weighted by atomic mass is 9.70. The normalized spacial score (nSPS) is 17.4. The first kappa shape index (κ1) is 21.3. The molecule has 0 spiro atoms. The van der Waals surface area contributed by atoms with E-state index in [2.05, 4.69) is 88.4 Å². The van der Waals surface area contributed by atoms with Gasteiger partial charge in [-0.2, -0.15) is 0 Å². The Hall–Kier alpha value is -1.38. The molecule has 0 N–H and O–H groups in total. The molecule has 2 heteroatoms. The van der Waals surface area contributed by atoms with Gasteiger partial charge in [-0.25, -0.2) is 0 Å². The predicted molar refractivity (Wildman–Crippen MR) is 124 cm³/mol. The highest BCUT2D eigenvalue weighted by Crippen LogP contribution is 2.43. The Morgan fingerprint density at radius 1 is 0.821 bits per heavy atom. The Bertz CT molecular complexity index is 672. The SMILES string of the molecule is CCC1(CCO[Si](c2ccccc2)(c2ccccc2)C(C)(C)C)CCCCC1. The van der Waals surface area contributed by atoms with Crippen LogP contribution in [0.1, 0.15) is 72.6 Å². The number of benzene rings is 2. The van der Waals surface area contributed by atoms with Crippen molar-refractivity contribution in [1.29, 1.82) is 0 Å². The minimum atomic E-state index is -2.38. The lowest BCUT2D eigenvalue weighted by molar-refractivity contribution is 0.128. The summed E-state index contributed by atoms with van der Waals surface area (Å²) in [4.78, 5) is 0. The molecule has 0 amide bonds. The Morgan fingerprint density at radius 2 is 1.32 bits per heavy atom. The molecule has 28 heavy (non-hydrogen) atoms. The zero-order valence-corrected chi connectivity index (χ0v) is 19.3. The molecule has 0 heterocycles. The van der Waals surface area contributed by atoms with Gasteiger partial charge in [0.15, 0.2) is 0 Å². The highest BCUT2D eigenvalue weighted by molar-refractivity contribution is 6.99. The van der Waals surface area contributed by atoms with Crippen molar-refractivity contribution in [3.63, 3.8) is 0 Å². The largest absolute Gasteiger partial charge is 0.407 e. The number of rotatable bonds is 7. The van der Waals surface area contributed by atoms with Crippen LogP contribution >= 0.6 is 0 Å². The molecule has 3 rings (SSSR count). The van der Waals surface area contributed by atoms with E-state index in [1.165, 1.54) is 55.3 Å². The van der Waals surface area contributed by atoms with E-state index in [-0.39, 0.29) is 5.04 Å². The molecule has 0 aromatic heterocycles. The summed E-state index contributed by atoms with van der Waals surface area (Å²) in [5.74, 6) is 0. The Labute approximate surface area is 173 Å². The quantitative estimate of drug-likeness (QED) is 0.500. The first-order valence-corrected chi connectivity index (χ1v) is 13.1. The highest BCUT2D eigenvalue weighted by Gasteiger charge is 2.50. The van der Waals surface area contributed by atoms with E-state index in [1.54, 1.807) is 0 Å². The average molecular weight is 395 g/mol. The van der Waals surface area contributed by atoms with Crippen molar-refractivity contribution < 1.29 is 4.43 Å². The summed E-state index contributed by atoms with van der Waals surface area (Å²) in [6.45, 7) is 10.4. The molecule has 2 aromatic carbocycles. The lowest BCUT2D eigenvalue weighted by Gasteiger charge is -2.44. The van der Waals surface area contributed by atoms with E-state index in [0.717, 1.165) is 6.61 Å². The van der Waals surface area contributed by atoms with Crippen LogP contribution in [0.5, 0.6) is 0 Å². The average Bonchev–Trinajstić information content (AvgIpc) is 2.72. The van der Waals surface area contributed by atoms with Crippen LogP contribution in [0, 0.1) is 5.41 Å². The van der Waals surface area contributed by atoms with Gasteiger partial charge in [-0.1, -0.05) is 114 Å². The molecule has 0 saturated heterocycles. The van der Waals surface area contributed by atoms with Crippen LogP contribution in [0.4, 0.5) is 0 Å². The molecule has 0 bridgehead atoms. The van der Waals surface area contributed by atoms with Crippen molar-refractivity contribution in [3.8, 4) is 0 Å². The summed E-state index contributed by atoms with van der Waals surface area (Å²) in [5, 5.41) is 2.85. The molecule has 1 aliphatic carbocycles. The Morgan fingerprint density at radius 3 is 1.75 bits per heavy atom. The zero-order chi connectivity index (χ0) is 20.1. The van der Waals surface area contributed by atoms with E-state index in [9.17, 15) is 0 Å². The Balaban J connectivity index is 1.94. The van der Waals surface area contributed by atoms with Gasteiger partial charge in [0.25, 0.3) is 8.32 Å². The Kier molecular flexibility index (Phi) is 6.83. The van der Waals surface area contributed by atoms with E-state index in [1.807, 2.05) is 0 Å². The maximum absolute atomic E-state index is 7.13. The van der Waals surface area contributed by atoms with Gasteiger partial charge in [-0.05, 0) is 40.1 Å². The fourth-order valence-corrected chi connectivity index (χ4v) is 9.83. The molecule has 0 atom stereocenters. The van der Waals surface area contributed by atoms with Gasteiger partial charge in [0.1, 0.15) is 0 Å². The predicted octanol–water partition coefficient (Wildman–Crippen LogP) is 6.31. The molecule has 0 unspecified atom stereocenters. The van der Waals surface area contributed by atoms with E-state index in [4.69, 9.17) is 4.43 Å². The van der Waals surface area contributed by atoms with Gasteiger partial charge in [-0.15, -0.1) is 0 Å². The first-order chi connectivity index (χ1) is 13.4. The van der Waals surface area contributed by atoms with Crippen LogP contribution in [0.2, 0.25) is 5.04 Å². The topological polar surface area (TPSA) is 9.23 Å². The summed E-state index contributed by atoms with van der Waals surface area (Å²) >= 11 is 0. The van der Waals surface area contributed by atoms with Crippen LogP contribution in [0.25, 0.3) is 0 Å². The number of hydrogen-bond donors (Lipinski definition) is 0. The first-order valence-electron chi connectivity index (χ1n) is 11.2. The molecule has 2 aromatic rings. The van der Waals surface area contributed by atoms with Crippen LogP contribution in [-0.2, 0) is 4.43 Å². The molecule has 1 nitrogen and oxygen atoms in total. The second-order valence-electron chi connectivity index (χ2n) is 9.68. The van der Waals surface area contributed by atoms with Crippen LogP contribution in [-0.4, -0.2) is 14.9 Å². The van der Waals surface area contributed by atoms with Crippen molar-refractivity contribution >= 4 is 18.7 Å². The smallest absolute Gasteiger partial charge is 0.261 e. The van der Waals surface area contributed by atoms with E-state index >= 15 is 0 Å². The van der Waals surface area contributed by atoms with Crippen LogP contribution < -0.4 is 10.4 Å². The van der Waals surface area contributed by atoms with Crippen LogP contribution in [0.3, 0.4) is 0 Å². The van der Waals surface area contributed by atoms with Gasteiger partial charge in [0.05, 0.1) is 0 Å². The fourth-order valence-electron chi connectivity index (χ4n) is 5.26. The summed E-state index contributed by atoms with van der Waals surface area (Å²) in [6.07, 6.45) is 9.46. The summed E-state index contributed by atoms with van der Waals surface area (Å²) in [7, 11) is -2.38. The van der Waals surface area contributed by atoms with Crippen molar-refractivity contribution in [2.45, 2.75) is 77.7 Å². The summed E-state index contributed by atoms with van der Waals surface area (Å²) in [6, 6.07) is 22.1. The molecular weight excluding hydrogens is 356 g/mol. The third-order valence-electron chi connectivity index (χ3n) is 7.03. The summed E-state index contributed by atoms with van der Waals surface area (Å²) < 4.78 is 7.13. The molecular formula is C26H38OSi. The standard InChI is InChI=1S/C26H38OSi/c1-5-26(19-13-8-14-20-26)21-22-27-28(25(2,3)4,23-15-9-6-10-16-23)24-17-11-7-12-18-24/h6-7,9-12,15-18H,5,8,13-14,19-22H2,1-4H3. The molecule has 152 valence electrons. The van der Waals surface area contributed by atoms with Gasteiger partial charge in [0.2, 0.25) is 0 Å². The molecule has 0 radical (unpaired) electrons. The van der Waals surface area contributed by atoms with E-state index in [0.29, 0.717) is 5.41 Å². The monoisotopic (exact) mass is 394 g/mol. The van der Waals surface area contributed by atoms with Crippen molar-refractivity contribution in [2.24, 2.45) is 5.41 Å². The minimum absolute atomic E-state index is 0.0711. The van der Waals surface area contributed by atoms with Crippen molar-refractivity contribution in [3.05, 3.63) is 60.7 Å². The van der Waals surface area contributed by atoms with Gasteiger partial charge >= 0.3 is 0 Å². The molecule has 1 aliphatic rings. The second kappa shape index (κ2) is 8.96. The van der Waals surface area contributed by atoms with Crippen LogP contribution in [0.15, 0.2) is 60.7 Å². The highest BCUT2D eigenvalue weighted by atomic mass is 28.4.